The molecule has 0 aliphatic heterocycles. The maximum absolute atomic E-state index is 4.97. The van der Waals surface area contributed by atoms with Crippen molar-refractivity contribution in [3.63, 3.8) is 0 Å². The van der Waals surface area contributed by atoms with Gasteiger partial charge in [0.15, 0.2) is 0 Å². The van der Waals surface area contributed by atoms with E-state index in [4.69, 9.17) is 27.9 Å². The molecule has 0 aromatic heterocycles. The fraction of sp³-hybridized carbons (Fsp3) is 0.500. The fourth-order valence-electron chi connectivity index (χ4n) is 1.89. The number of hydrogen-bond acceptors (Lipinski definition) is 0. The molecule has 0 spiro atoms. The molecule has 0 nitrogen and oxygen atoms in total. The molecule has 1 aromatic rings. The van der Waals surface area contributed by atoms with Gasteiger partial charge in [-0.2, -0.15) is 22.8 Å². The second-order valence-corrected chi connectivity index (χ2v) is 11.2. The van der Waals surface area contributed by atoms with E-state index in [0.29, 0.717) is 0 Å². The molecule has 0 atom stereocenters. The van der Waals surface area contributed by atoms with Gasteiger partial charge in [0, 0.05) is 0 Å². The average Bonchev–Trinajstić information content (AvgIpc) is 2.48. The monoisotopic (exact) mass is 286 g/mol. The van der Waals surface area contributed by atoms with Gasteiger partial charge in [-0.05, 0) is 0 Å². The molecule has 1 aromatic carbocycles. The van der Waals surface area contributed by atoms with Crippen LogP contribution in [0.3, 0.4) is 0 Å². The molecule has 0 radical (unpaired) electrons. The van der Waals surface area contributed by atoms with Gasteiger partial charge in [-0.25, -0.2) is 6.07 Å². The van der Waals surface area contributed by atoms with E-state index in [2.05, 4.69) is 19.1 Å². The molecule has 0 heterocycles. The number of hydrogen-bond donors (Lipinski definition) is 0. The Bertz CT molecular complexity index is 278. The average molecular weight is 287 g/mol. The van der Waals surface area contributed by atoms with Gasteiger partial charge in [-0.15, -0.1) is 0 Å². The van der Waals surface area contributed by atoms with Crippen molar-refractivity contribution in [2.45, 2.75) is 32.6 Å². The van der Waals surface area contributed by atoms with Crippen LogP contribution in [0, 0.1) is 6.92 Å². The molecule has 4 heteroatoms. The van der Waals surface area contributed by atoms with E-state index in [-0.39, 0.29) is 0 Å². The summed E-state index contributed by atoms with van der Waals surface area (Å²) in [5.41, 5.74) is 4.77. The Balaban J connectivity index is 0.000000213. The summed E-state index contributed by atoms with van der Waals surface area (Å²) in [5, 5.41) is 0. The standard InChI is InChI=1S/C10H13.3ClH.Ti/c1-8-6-7-9-4-2-3-5-10(8)9;;;;/h6-7H,2-5H2,1H3;3*1H;/q-1;;;;+4/p-3. The molecule has 2 rings (SSSR count). The van der Waals surface area contributed by atoms with E-state index in [1.54, 1.807) is 11.1 Å². The molecule has 0 unspecified atom stereocenters. The van der Waals surface area contributed by atoms with Gasteiger partial charge in [-0.3, -0.25) is 0 Å². The van der Waals surface area contributed by atoms with Crippen LogP contribution in [0.25, 0.3) is 0 Å². The Morgan fingerprint density at radius 3 is 2.36 bits per heavy atom. The first-order valence-corrected chi connectivity index (χ1v) is 11.1. The van der Waals surface area contributed by atoms with Crippen LogP contribution in [-0.4, -0.2) is 0 Å². The van der Waals surface area contributed by atoms with Crippen molar-refractivity contribution in [3.05, 3.63) is 28.8 Å². The van der Waals surface area contributed by atoms with Gasteiger partial charge in [0.1, 0.15) is 0 Å². The molecular weight excluding hydrogens is 274 g/mol. The Morgan fingerprint density at radius 1 is 1.21 bits per heavy atom. The van der Waals surface area contributed by atoms with Crippen LogP contribution in [0.5, 0.6) is 0 Å². The molecule has 1 aliphatic carbocycles. The van der Waals surface area contributed by atoms with Gasteiger partial charge < -0.3 is 0 Å². The van der Waals surface area contributed by atoms with Gasteiger partial charge in [-0.1, -0.05) is 32.6 Å². The number of halogens is 3. The van der Waals surface area contributed by atoms with Crippen molar-refractivity contribution in [2.24, 2.45) is 0 Å². The van der Waals surface area contributed by atoms with E-state index in [9.17, 15) is 0 Å². The SMILES string of the molecule is C[c-]1ccc2c1CCCC2.[Cl][Ti+]([Cl])[Cl]. The third kappa shape index (κ3) is 4.20. The van der Waals surface area contributed by atoms with Crippen molar-refractivity contribution in [2.75, 3.05) is 0 Å². The van der Waals surface area contributed by atoms with Crippen LogP contribution in [0.15, 0.2) is 12.1 Å². The molecule has 0 amide bonds. The second-order valence-electron chi connectivity index (χ2n) is 3.44. The topological polar surface area (TPSA) is 0 Å². The molecule has 0 saturated carbocycles. The Morgan fingerprint density at radius 2 is 1.79 bits per heavy atom. The van der Waals surface area contributed by atoms with Crippen molar-refractivity contribution in [1.82, 2.24) is 0 Å². The zero-order chi connectivity index (χ0) is 10.6. The summed E-state index contributed by atoms with van der Waals surface area (Å²) in [5.74, 6) is 0. The van der Waals surface area contributed by atoms with Crippen molar-refractivity contribution < 1.29 is 14.7 Å². The third-order valence-electron chi connectivity index (χ3n) is 2.52. The fourth-order valence-corrected chi connectivity index (χ4v) is 1.89. The van der Waals surface area contributed by atoms with Gasteiger partial charge in [0.05, 0.1) is 0 Å². The predicted octanol–water partition coefficient (Wildman–Crippen LogP) is 4.66. The van der Waals surface area contributed by atoms with Crippen molar-refractivity contribution in [3.8, 4) is 0 Å². The van der Waals surface area contributed by atoms with E-state index < -0.39 is 14.7 Å². The van der Waals surface area contributed by atoms with Gasteiger partial charge in [0.2, 0.25) is 0 Å². The zero-order valence-corrected chi connectivity index (χ0v) is 11.9. The summed E-state index contributed by atoms with van der Waals surface area (Å²) < 4.78 is 0. The summed E-state index contributed by atoms with van der Waals surface area (Å²) in [6.45, 7) is 2.23. The van der Waals surface area contributed by atoms with Crippen LogP contribution in [-0.2, 0) is 27.5 Å². The molecule has 0 saturated heterocycles. The summed E-state index contributed by atoms with van der Waals surface area (Å²) in [6, 6.07) is 4.56. The minimum atomic E-state index is -1.92. The molecule has 0 fully saturated rings. The number of rotatable bonds is 0. The molecule has 0 N–H and O–H groups in total. The van der Waals surface area contributed by atoms with Gasteiger partial charge >= 0.3 is 42.6 Å². The van der Waals surface area contributed by atoms with E-state index >= 15 is 0 Å². The summed E-state index contributed by atoms with van der Waals surface area (Å²) in [4.78, 5) is 0. The minimum absolute atomic E-state index is 1.32. The normalized spacial score (nSPS) is 14.0. The maximum atomic E-state index is 4.97. The summed E-state index contributed by atoms with van der Waals surface area (Å²) >= 11 is -1.92. The first-order chi connectivity index (χ1) is 6.61. The zero-order valence-electron chi connectivity index (χ0n) is 8.12. The van der Waals surface area contributed by atoms with Crippen LogP contribution in [0.4, 0.5) is 0 Å². The van der Waals surface area contributed by atoms with Gasteiger partial charge in [0.25, 0.3) is 0 Å². The van der Waals surface area contributed by atoms with Crippen LogP contribution >= 0.6 is 27.9 Å². The van der Waals surface area contributed by atoms with E-state index in [0.717, 1.165) is 0 Å². The van der Waals surface area contributed by atoms with Crippen LogP contribution in [0.1, 0.15) is 29.5 Å². The summed E-state index contributed by atoms with van der Waals surface area (Å²) in [6.07, 6.45) is 5.45. The Hall–Kier alpha value is 0.934. The third-order valence-corrected chi connectivity index (χ3v) is 2.52. The Labute approximate surface area is 103 Å². The molecule has 78 valence electrons. The Kier molecular flexibility index (Phi) is 6.04. The van der Waals surface area contributed by atoms with Crippen LogP contribution in [0.2, 0.25) is 0 Å². The van der Waals surface area contributed by atoms with Crippen molar-refractivity contribution >= 4 is 27.9 Å². The quantitative estimate of drug-likeness (QED) is 0.481. The van der Waals surface area contributed by atoms with E-state index in [1.165, 1.54) is 31.2 Å². The van der Waals surface area contributed by atoms with Crippen molar-refractivity contribution in [1.29, 1.82) is 0 Å². The molecule has 0 bridgehead atoms. The number of aryl methyl sites for hydroxylation is 2. The van der Waals surface area contributed by atoms with E-state index in [1.807, 2.05) is 0 Å². The molecule has 14 heavy (non-hydrogen) atoms. The first-order valence-electron chi connectivity index (χ1n) is 4.68. The first kappa shape index (κ1) is 13.0. The summed E-state index contributed by atoms with van der Waals surface area (Å²) in [7, 11) is 14.9. The number of fused-ring (bicyclic) bond motifs is 1. The predicted molar refractivity (Wildman–Crippen MR) is 61.0 cm³/mol. The molecular formula is C10H13Cl3Ti. The van der Waals surface area contributed by atoms with Crippen LogP contribution < -0.4 is 0 Å². The second kappa shape index (κ2) is 6.50. The molecule has 1 aliphatic rings.